The summed E-state index contributed by atoms with van der Waals surface area (Å²) in [5, 5.41) is 52.4. The highest BCUT2D eigenvalue weighted by atomic mass is 16.8. The van der Waals surface area contributed by atoms with Gasteiger partial charge >= 0.3 is 0 Å². The second-order valence-corrected chi connectivity index (χ2v) is 6.92. The van der Waals surface area contributed by atoms with Crippen molar-refractivity contribution in [2.24, 2.45) is 5.11 Å². The zero-order valence-corrected chi connectivity index (χ0v) is 16.4. The number of rotatable bonds is 10. The Morgan fingerprint density at radius 3 is 2.13 bits per heavy atom. The van der Waals surface area contributed by atoms with Crippen LogP contribution in [0.15, 0.2) is 29.4 Å². The lowest BCUT2D eigenvalue weighted by Crippen LogP contribution is -2.44. The largest absolute Gasteiger partial charge is 0.493 e. The molecule has 1 aromatic carbocycles. The fourth-order valence-corrected chi connectivity index (χ4v) is 3.22. The molecule has 0 spiro atoms. The average Bonchev–Trinajstić information content (AvgIpc) is 3.23. The van der Waals surface area contributed by atoms with Gasteiger partial charge in [0.15, 0.2) is 12.4 Å². The highest BCUT2D eigenvalue weighted by molar-refractivity contribution is 5.31. The Balaban J connectivity index is 1.63. The van der Waals surface area contributed by atoms with Crippen molar-refractivity contribution in [1.82, 2.24) is 0 Å². The first-order valence-corrected chi connectivity index (χ1v) is 9.61. The molecule has 0 unspecified atom stereocenters. The fourth-order valence-electron chi connectivity index (χ4n) is 3.22. The molecule has 0 aliphatic carbocycles. The lowest BCUT2D eigenvalue weighted by Gasteiger charge is -2.26. The molecule has 0 saturated carbocycles. The molecule has 0 amide bonds. The number of hydrogen-bond donors (Lipinski definition) is 5. The van der Waals surface area contributed by atoms with Crippen LogP contribution in [0.2, 0.25) is 0 Å². The van der Waals surface area contributed by atoms with Crippen molar-refractivity contribution >= 4 is 0 Å². The lowest BCUT2D eigenvalue weighted by molar-refractivity contribution is -0.231. The van der Waals surface area contributed by atoms with E-state index < -0.39 is 62.4 Å². The van der Waals surface area contributed by atoms with Crippen LogP contribution < -0.4 is 9.47 Å². The zero-order valence-electron chi connectivity index (χ0n) is 16.4. The summed E-state index contributed by atoms with van der Waals surface area (Å²) in [5.41, 5.74) is 8.24. The second-order valence-electron chi connectivity index (χ2n) is 6.92. The van der Waals surface area contributed by atoms with E-state index in [0.717, 1.165) is 0 Å². The maximum atomic E-state index is 10.4. The van der Waals surface area contributed by atoms with E-state index >= 15 is 0 Å². The van der Waals surface area contributed by atoms with Crippen LogP contribution in [0.25, 0.3) is 10.4 Å². The lowest BCUT2D eigenvalue weighted by atomic mass is 10.1. The molecule has 3 rings (SSSR count). The Labute approximate surface area is 176 Å². The van der Waals surface area contributed by atoms with Crippen molar-refractivity contribution in [2.75, 3.05) is 26.4 Å². The molecule has 2 fully saturated rings. The first kappa shape index (κ1) is 23.5. The third-order valence-electron chi connectivity index (χ3n) is 4.86. The zero-order chi connectivity index (χ0) is 22.4. The highest BCUT2D eigenvalue weighted by Gasteiger charge is 2.51. The molecule has 172 valence electrons. The maximum absolute atomic E-state index is 10.4. The van der Waals surface area contributed by atoms with Gasteiger partial charge in [-0.15, -0.1) is 0 Å². The number of hydrogen-bond acceptors (Lipinski definition) is 11. The van der Waals surface area contributed by atoms with Crippen LogP contribution >= 0.6 is 0 Å². The number of benzene rings is 1. The Kier molecular flexibility index (Phi) is 8.26. The molecule has 5 N–H and O–H groups in total. The summed E-state index contributed by atoms with van der Waals surface area (Å²) >= 11 is 0. The molecule has 1 aromatic rings. The summed E-state index contributed by atoms with van der Waals surface area (Å²) < 4.78 is 27.5. The van der Waals surface area contributed by atoms with Gasteiger partial charge in [-0.1, -0.05) is 5.11 Å². The summed E-state index contributed by atoms with van der Waals surface area (Å²) in [6.45, 7) is -0.640. The summed E-state index contributed by atoms with van der Waals surface area (Å²) in [6.07, 6.45) is -9.85. The molecule has 2 heterocycles. The Bertz CT molecular complexity index is 747. The van der Waals surface area contributed by atoms with Gasteiger partial charge < -0.3 is 49.2 Å². The van der Waals surface area contributed by atoms with Gasteiger partial charge in [0.25, 0.3) is 0 Å². The third-order valence-corrected chi connectivity index (χ3v) is 4.86. The standard InChI is InChI=1S/C18H25N3O10/c19-21-20-5-6-27-9-1-3-10(4-2-9)28-18-16(14(25)12(8-23)30-18)31-17-15(26)13(24)11(7-22)29-17/h1-4,11-18,22-26H,5-8H2/t11-,12-,13-,14-,15+,16+,17+,18+/m1/s1. The van der Waals surface area contributed by atoms with Gasteiger partial charge in [-0.2, -0.15) is 0 Å². The molecule has 0 aromatic heterocycles. The van der Waals surface area contributed by atoms with Crippen LogP contribution in [0, 0.1) is 0 Å². The van der Waals surface area contributed by atoms with Gasteiger partial charge in [0.05, 0.1) is 26.4 Å². The first-order valence-electron chi connectivity index (χ1n) is 9.61. The minimum absolute atomic E-state index is 0.186. The molecule has 2 aliphatic rings. The SMILES string of the molecule is [N-]=[N+]=NCCOc1ccc(O[C@H]2O[C@H](CO)[C@@H](O)[C@@H]2O[C@@H]2O[C@H](CO)[C@@H](O)[C@@H]2O)cc1. The first-order chi connectivity index (χ1) is 15.0. The molecule has 0 bridgehead atoms. The summed E-state index contributed by atoms with van der Waals surface area (Å²) in [5.74, 6) is 0.855. The van der Waals surface area contributed by atoms with Crippen molar-refractivity contribution in [3.63, 3.8) is 0 Å². The van der Waals surface area contributed by atoms with Crippen LogP contribution in [-0.4, -0.2) is 101 Å². The van der Waals surface area contributed by atoms with Crippen molar-refractivity contribution in [2.45, 2.75) is 49.2 Å². The number of aliphatic hydroxyl groups is 5. The van der Waals surface area contributed by atoms with E-state index in [-0.39, 0.29) is 13.2 Å². The van der Waals surface area contributed by atoms with E-state index in [0.29, 0.717) is 11.5 Å². The van der Waals surface area contributed by atoms with Gasteiger partial charge in [-0.3, -0.25) is 0 Å². The quantitative estimate of drug-likeness (QED) is 0.125. The second kappa shape index (κ2) is 10.9. The minimum Gasteiger partial charge on any atom is -0.493 e. The van der Waals surface area contributed by atoms with Gasteiger partial charge in [-0.05, 0) is 29.8 Å². The van der Waals surface area contributed by atoms with Crippen molar-refractivity contribution in [3.05, 3.63) is 34.7 Å². The van der Waals surface area contributed by atoms with E-state index in [1.165, 1.54) is 0 Å². The van der Waals surface area contributed by atoms with Crippen LogP contribution in [0.3, 0.4) is 0 Å². The molecular formula is C18H25N3O10. The Morgan fingerprint density at radius 2 is 1.52 bits per heavy atom. The predicted molar refractivity (Wildman–Crippen MR) is 101 cm³/mol. The normalized spacial score (nSPS) is 35.0. The monoisotopic (exact) mass is 443 g/mol. The van der Waals surface area contributed by atoms with E-state index in [9.17, 15) is 25.5 Å². The smallest absolute Gasteiger partial charge is 0.229 e. The predicted octanol–water partition coefficient (Wildman–Crippen LogP) is -1.34. The van der Waals surface area contributed by atoms with Crippen molar-refractivity contribution < 1.29 is 49.2 Å². The maximum Gasteiger partial charge on any atom is 0.229 e. The van der Waals surface area contributed by atoms with Gasteiger partial charge in [0.1, 0.15) is 42.0 Å². The van der Waals surface area contributed by atoms with Gasteiger partial charge in [-0.25, -0.2) is 0 Å². The number of nitrogens with zero attached hydrogens (tertiary/aromatic N) is 3. The van der Waals surface area contributed by atoms with Crippen LogP contribution in [-0.2, 0) is 14.2 Å². The number of aliphatic hydroxyl groups excluding tert-OH is 5. The highest BCUT2D eigenvalue weighted by Crippen LogP contribution is 2.31. The van der Waals surface area contributed by atoms with Gasteiger partial charge in [0.2, 0.25) is 6.29 Å². The van der Waals surface area contributed by atoms with E-state index in [2.05, 4.69) is 10.0 Å². The summed E-state index contributed by atoms with van der Waals surface area (Å²) in [7, 11) is 0. The minimum atomic E-state index is -1.46. The van der Waals surface area contributed by atoms with Crippen molar-refractivity contribution in [3.8, 4) is 11.5 Å². The summed E-state index contributed by atoms with van der Waals surface area (Å²) in [6, 6.07) is 6.38. The van der Waals surface area contributed by atoms with Crippen molar-refractivity contribution in [1.29, 1.82) is 0 Å². The molecular weight excluding hydrogens is 418 g/mol. The van der Waals surface area contributed by atoms with E-state index in [1.807, 2.05) is 0 Å². The number of azide groups is 1. The van der Waals surface area contributed by atoms with E-state index in [1.54, 1.807) is 24.3 Å². The topological polar surface area (TPSA) is 196 Å². The molecule has 31 heavy (non-hydrogen) atoms. The number of ether oxygens (including phenoxy) is 5. The van der Waals surface area contributed by atoms with Gasteiger partial charge in [0, 0.05) is 4.91 Å². The molecule has 2 aliphatic heterocycles. The Morgan fingerprint density at radius 1 is 0.903 bits per heavy atom. The molecule has 8 atom stereocenters. The fraction of sp³-hybridized carbons (Fsp3) is 0.667. The third kappa shape index (κ3) is 5.54. The molecule has 13 nitrogen and oxygen atoms in total. The molecule has 13 heteroatoms. The van der Waals surface area contributed by atoms with Crippen LogP contribution in [0.1, 0.15) is 0 Å². The Hall–Kier alpha value is -2.19. The van der Waals surface area contributed by atoms with E-state index in [4.69, 9.17) is 29.2 Å². The van der Waals surface area contributed by atoms with Crippen LogP contribution in [0.4, 0.5) is 0 Å². The van der Waals surface area contributed by atoms with Crippen LogP contribution in [0.5, 0.6) is 11.5 Å². The summed E-state index contributed by atoms with van der Waals surface area (Å²) in [4.78, 5) is 2.63. The molecule has 2 saturated heterocycles. The molecule has 0 radical (unpaired) electrons. The average molecular weight is 443 g/mol.